The molecule has 0 aliphatic heterocycles. The Morgan fingerprint density at radius 2 is 2.00 bits per heavy atom. The summed E-state index contributed by atoms with van der Waals surface area (Å²) in [7, 11) is 0. The van der Waals surface area contributed by atoms with Gasteiger partial charge in [0.05, 0.1) is 11.4 Å². The third-order valence-electron chi connectivity index (χ3n) is 4.50. The maximum Gasteiger partial charge on any atom is 0.258 e. The van der Waals surface area contributed by atoms with Crippen molar-refractivity contribution < 1.29 is 9.53 Å². The smallest absolute Gasteiger partial charge is 0.258 e. The number of fused-ring (bicyclic) bond motifs is 1. The molecule has 0 bridgehead atoms. The van der Waals surface area contributed by atoms with Gasteiger partial charge in [-0.25, -0.2) is 4.98 Å². The van der Waals surface area contributed by atoms with Crippen LogP contribution in [0.4, 0.5) is 5.69 Å². The Labute approximate surface area is 171 Å². The molecular formula is C22H19N3O3S. The summed E-state index contributed by atoms with van der Waals surface area (Å²) >= 11 is 1.39. The molecule has 0 aliphatic carbocycles. The molecule has 4 aromatic rings. The van der Waals surface area contributed by atoms with Gasteiger partial charge in [-0.05, 0) is 43.2 Å². The standard InChI is InChI=1S/C22H19N3O3S/c1-14-7-8-19(18(11-14)24-21(27)17-6-4-3-5-15(17)2)28-13-16-12-20(26)25-9-10-29-22(25)23-16/h3-12H,13H2,1-2H3,(H,24,27). The second-order valence-electron chi connectivity index (χ2n) is 6.70. The van der Waals surface area contributed by atoms with Crippen LogP contribution in [0.1, 0.15) is 27.2 Å². The largest absolute Gasteiger partial charge is 0.485 e. The van der Waals surface area contributed by atoms with Crippen LogP contribution in [-0.2, 0) is 6.61 Å². The number of benzene rings is 2. The minimum atomic E-state index is -0.199. The number of ether oxygens (including phenoxy) is 1. The number of hydrogen-bond donors (Lipinski definition) is 1. The lowest BCUT2D eigenvalue weighted by Gasteiger charge is -2.14. The van der Waals surface area contributed by atoms with E-state index < -0.39 is 0 Å². The third kappa shape index (κ3) is 4.05. The van der Waals surface area contributed by atoms with E-state index in [0.717, 1.165) is 11.1 Å². The molecular weight excluding hydrogens is 386 g/mol. The molecule has 0 fully saturated rings. The number of carbonyl (C=O) groups excluding carboxylic acids is 1. The number of nitrogens with zero attached hydrogens (tertiary/aromatic N) is 2. The zero-order valence-corrected chi connectivity index (χ0v) is 16.8. The van der Waals surface area contributed by atoms with Crippen LogP contribution < -0.4 is 15.6 Å². The fourth-order valence-corrected chi connectivity index (χ4v) is 3.74. The second kappa shape index (κ2) is 7.89. The molecule has 6 nitrogen and oxygen atoms in total. The molecule has 0 saturated heterocycles. The van der Waals surface area contributed by atoms with E-state index in [1.54, 1.807) is 18.3 Å². The molecule has 2 aromatic carbocycles. The number of thiazole rings is 1. The van der Waals surface area contributed by atoms with E-state index in [4.69, 9.17) is 4.74 Å². The van der Waals surface area contributed by atoms with Crippen molar-refractivity contribution in [3.05, 3.63) is 92.8 Å². The fraction of sp³-hybridized carbons (Fsp3) is 0.136. The SMILES string of the molecule is Cc1ccc(OCc2cc(=O)n3ccsc3n2)c(NC(=O)c2ccccc2C)c1. The summed E-state index contributed by atoms with van der Waals surface area (Å²) in [5, 5.41) is 4.75. The molecule has 4 rings (SSSR count). The minimum Gasteiger partial charge on any atom is -0.485 e. The summed E-state index contributed by atoms with van der Waals surface area (Å²) in [5.74, 6) is 0.320. The van der Waals surface area contributed by atoms with Gasteiger partial charge in [0.25, 0.3) is 11.5 Å². The van der Waals surface area contributed by atoms with Gasteiger partial charge in [-0.1, -0.05) is 24.3 Å². The van der Waals surface area contributed by atoms with Gasteiger partial charge < -0.3 is 10.1 Å². The summed E-state index contributed by atoms with van der Waals surface area (Å²) in [6, 6.07) is 14.4. The van der Waals surface area contributed by atoms with E-state index in [2.05, 4.69) is 10.3 Å². The first-order chi connectivity index (χ1) is 14.0. The predicted molar refractivity (Wildman–Crippen MR) is 114 cm³/mol. The van der Waals surface area contributed by atoms with Crippen molar-refractivity contribution in [2.75, 3.05) is 5.32 Å². The van der Waals surface area contributed by atoms with Crippen LogP contribution in [0.2, 0.25) is 0 Å². The molecule has 0 atom stereocenters. The topological polar surface area (TPSA) is 72.7 Å². The van der Waals surface area contributed by atoms with Crippen LogP contribution in [-0.4, -0.2) is 15.3 Å². The Morgan fingerprint density at radius 3 is 2.83 bits per heavy atom. The number of amides is 1. The Balaban J connectivity index is 1.57. The first kappa shape index (κ1) is 18.9. The van der Waals surface area contributed by atoms with Gasteiger partial charge >= 0.3 is 0 Å². The molecule has 1 N–H and O–H groups in total. The fourth-order valence-electron chi connectivity index (χ4n) is 3.00. The number of hydrogen-bond acceptors (Lipinski definition) is 5. The Bertz CT molecular complexity index is 1260. The summed E-state index contributed by atoms with van der Waals surface area (Å²) < 4.78 is 7.40. The van der Waals surface area contributed by atoms with Crippen molar-refractivity contribution in [1.82, 2.24) is 9.38 Å². The molecule has 2 aromatic heterocycles. The second-order valence-corrected chi connectivity index (χ2v) is 7.57. The third-order valence-corrected chi connectivity index (χ3v) is 5.26. The average molecular weight is 405 g/mol. The van der Waals surface area contributed by atoms with Gasteiger partial charge in [-0.3, -0.25) is 14.0 Å². The van der Waals surface area contributed by atoms with Crippen LogP contribution in [0, 0.1) is 13.8 Å². The molecule has 0 saturated carbocycles. The van der Waals surface area contributed by atoms with Gasteiger partial charge in [-0.15, -0.1) is 11.3 Å². The monoisotopic (exact) mass is 405 g/mol. The van der Waals surface area contributed by atoms with E-state index >= 15 is 0 Å². The summed E-state index contributed by atoms with van der Waals surface area (Å²) in [6.07, 6.45) is 1.69. The zero-order valence-electron chi connectivity index (χ0n) is 16.0. The van der Waals surface area contributed by atoms with Crippen molar-refractivity contribution >= 4 is 27.9 Å². The van der Waals surface area contributed by atoms with Crippen LogP contribution in [0.3, 0.4) is 0 Å². The molecule has 1 amide bonds. The van der Waals surface area contributed by atoms with Crippen LogP contribution in [0.15, 0.2) is 64.9 Å². The van der Waals surface area contributed by atoms with Crippen LogP contribution in [0.5, 0.6) is 5.75 Å². The average Bonchev–Trinajstić information content (AvgIpc) is 3.17. The normalized spacial score (nSPS) is 10.8. The van der Waals surface area contributed by atoms with E-state index in [1.165, 1.54) is 21.8 Å². The number of aryl methyl sites for hydroxylation is 2. The Hall–Kier alpha value is -3.45. The highest BCUT2D eigenvalue weighted by atomic mass is 32.1. The van der Waals surface area contributed by atoms with Gasteiger partial charge in [0.2, 0.25) is 0 Å². The van der Waals surface area contributed by atoms with E-state index in [1.807, 2.05) is 49.6 Å². The highest BCUT2D eigenvalue weighted by Gasteiger charge is 2.13. The summed E-state index contributed by atoms with van der Waals surface area (Å²) in [5.41, 5.74) is 3.47. The molecule has 146 valence electrons. The Kier molecular flexibility index (Phi) is 5.14. The van der Waals surface area contributed by atoms with Gasteiger partial charge in [0.15, 0.2) is 4.96 Å². The lowest BCUT2D eigenvalue weighted by atomic mass is 10.1. The zero-order chi connectivity index (χ0) is 20.4. The van der Waals surface area contributed by atoms with E-state index in [0.29, 0.717) is 27.7 Å². The van der Waals surface area contributed by atoms with Crippen molar-refractivity contribution in [2.24, 2.45) is 0 Å². The molecule has 0 unspecified atom stereocenters. The van der Waals surface area contributed by atoms with Gasteiger partial charge in [-0.2, -0.15) is 0 Å². The number of rotatable bonds is 5. The number of anilines is 1. The molecule has 0 aliphatic rings. The van der Waals surface area contributed by atoms with Crippen LogP contribution in [0.25, 0.3) is 4.96 Å². The van der Waals surface area contributed by atoms with Crippen molar-refractivity contribution in [2.45, 2.75) is 20.5 Å². The van der Waals surface area contributed by atoms with Gasteiger partial charge in [0, 0.05) is 23.2 Å². The summed E-state index contributed by atoms with van der Waals surface area (Å²) in [6.45, 7) is 3.97. The lowest BCUT2D eigenvalue weighted by Crippen LogP contribution is -2.15. The predicted octanol–water partition coefficient (Wildman–Crippen LogP) is 4.20. The highest BCUT2D eigenvalue weighted by molar-refractivity contribution is 7.15. The van der Waals surface area contributed by atoms with Crippen molar-refractivity contribution in [1.29, 1.82) is 0 Å². The minimum absolute atomic E-state index is 0.125. The molecule has 0 spiro atoms. The first-order valence-electron chi connectivity index (χ1n) is 9.07. The van der Waals surface area contributed by atoms with Crippen molar-refractivity contribution in [3.63, 3.8) is 0 Å². The van der Waals surface area contributed by atoms with Gasteiger partial charge in [0.1, 0.15) is 12.4 Å². The quantitative estimate of drug-likeness (QED) is 0.540. The molecule has 7 heteroatoms. The molecule has 2 heterocycles. The maximum atomic E-state index is 12.7. The highest BCUT2D eigenvalue weighted by Crippen LogP contribution is 2.27. The lowest BCUT2D eigenvalue weighted by molar-refractivity contribution is 0.102. The number of carbonyl (C=O) groups is 1. The van der Waals surface area contributed by atoms with E-state index in [9.17, 15) is 9.59 Å². The van der Waals surface area contributed by atoms with E-state index in [-0.39, 0.29) is 18.1 Å². The maximum absolute atomic E-state index is 12.7. The molecule has 29 heavy (non-hydrogen) atoms. The Morgan fingerprint density at radius 1 is 1.17 bits per heavy atom. The molecule has 0 radical (unpaired) electrons. The number of aromatic nitrogens is 2. The summed E-state index contributed by atoms with van der Waals surface area (Å²) in [4.78, 5) is 29.9. The number of nitrogens with one attached hydrogen (secondary N) is 1. The van der Waals surface area contributed by atoms with Crippen molar-refractivity contribution in [3.8, 4) is 5.75 Å². The first-order valence-corrected chi connectivity index (χ1v) is 9.95. The van der Waals surface area contributed by atoms with Crippen LogP contribution >= 0.6 is 11.3 Å².